The van der Waals surface area contributed by atoms with Crippen molar-refractivity contribution < 1.29 is 33.7 Å². The fourth-order valence-corrected chi connectivity index (χ4v) is 1.57. The van der Waals surface area contributed by atoms with Crippen molar-refractivity contribution in [2.75, 3.05) is 14.2 Å². The molecule has 1 atom stereocenters. The van der Waals surface area contributed by atoms with E-state index in [2.05, 4.69) is 9.47 Å². The average Bonchev–Trinajstić information content (AvgIpc) is 2.39. The highest BCUT2D eigenvalue weighted by molar-refractivity contribution is 6.04. The molecule has 1 unspecified atom stereocenters. The van der Waals surface area contributed by atoms with Crippen molar-refractivity contribution in [1.29, 1.82) is 0 Å². The molecular formula is C13H23NO7. The second kappa shape index (κ2) is 7.37. The molecule has 122 valence electrons. The number of ether oxygens (including phenoxy) is 3. The van der Waals surface area contributed by atoms with E-state index in [4.69, 9.17) is 10.5 Å². The minimum atomic E-state index is -2.66. The smallest absolute Gasteiger partial charge is 0.351 e. The van der Waals surface area contributed by atoms with Gasteiger partial charge in [0.05, 0.1) is 20.3 Å². The van der Waals surface area contributed by atoms with E-state index < -0.39 is 35.2 Å². The number of hydrogen-bond acceptors (Lipinski definition) is 8. The normalized spacial score (nSPS) is 13.3. The zero-order valence-corrected chi connectivity index (χ0v) is 13.0. The molecule has 0 aliphatic rings. The van der Waals surface area contributed by atoms with E-state index in [1.807, 2.05) is 0 Å². The van der Waals surface area contributed by atoms with Crippen LogP contribution < -0.4 is 5.73 Å². The summed E-state index contributed by atoms with van der Waals surface area (Å²) >= 11 is 0. The Bertz CT molecular complexity index is 384. The van der Waals surface area contributed by atoms with E-state index in [-0.39, 0.29) is 12.8 Å². The van der Waals surface area contributed by atoms with Gasteiger partial charge < -0.3 is 25.1 Å². The first-order valence-corrected chi connectivity index (χ1v) is 6.35. The van der Waals surface area contributed by atoms with Gasteiger partial charge in [-0.15, -0.1) is 0 Å². The summed E-state index contributed by atoms with van der Waals surface area (Å²) in [5, 5.41) is 10.1. The van der Waals surface area contributed by atoms with Gasteiger partial charge in [-0.3, -0.25) is 4.79 Å². The molecule has 0 aromatic rings. The topological polar surface area (TPSA) is 125 Å². The Hall–Kier alpha value is -1.67. The van der Waals surface area contributed by atoms with Gasteiger partial charge in [-0.25, -0.2) is 9.59 Å². The third-order valence-corrected chi connectivity index (χ3v) is 2.61. The maximum atomic E-state index is 11.6. The van der Waals surface area contributed by atoms with Crippen molar-refractivity contribution in [3.05, 3.63) is 0 Å². The van der Waals surface area contributed by atoms with Crippen molar-refractivity contribution in [2.24, 2.45) is 5.73 Å². The van der Waals surface area contributed by atoms with Crippen LogP contribution in [0.1, 0.15) is 33.6 Å². The van der Waals surface area contributed by atoms with E-state index in [0.29, 0.717) is 0 Å². The molecular weight excluding hydrogens is 282 g/mol. The third kappa shape index (κ3) is 5.31. The van der Waals surface area contributed by atoms with E-state index in [1.165, 1.54) is 0 Å². The maximum Gasteiger partial charge on any atom is 0.351 e. The van der Waals surface area contributed by atoms with Gasteiger partial charge in [0.1, 0.15) is 5.60 Å². The Balaban J connectivity index is 4.86. The van der Waals surface area contributed by atoms with Gasteiger partial charge in [-0.05, 0) is 27.2 Å². The Kier molecular flexibility index (Phi) is 6.78. The van der Waals surface area contributed by atoms with Gasteiger partial charge in [0.15, 0.2) is 0 Å². The van der Waals surface area contributed by atoms with E-state index in [1.54, 1.807) is 20.8 Å². The highest BCUT2D eigenvalue weighted by Gasteiger charge is 2.52. The number of hydrogen-bond donors (Lipinski definition) is 2. The molecule has 0 saturated carbocycles. The van der Waals surface area contributed by atoms with Gasteiger partial charge in [-0.2, -0.15) is 0 Å². The number of aliphatic hydroxyl groups is 1. The van der Waals surface area contributed by atoms with Crippen LogP contribution in [-0.4, -0.2) is 54.5 Å². The van der Waals surface area contributed by atoms with Gasteiger partial charge >= 0.3 is 17.9 Å². The van der Waals surface area contributed by atoms with Crippen LogP contribution in [0.2, 0.25) is 0 Å². The molecule has 0 saturated heterocycles. The number of carbonyl (C=O) groups excluding carboxylic acids is 3. The number of rotatable bonds is 6. The fraction of sp³-hybridized carbons (Fsp3) is 0.769. The molecule has 0 aliphatic heterocycles. The molecule has 0 fully saturated rings. The van der Waals surface area contributed by atoms with Crippen molar-refractivity contribution in [2.45, 2.75) is 50.9 Å². The lowest BCUT2D eigenvalue weighted by Crippen LogP contribution is -2.60. The summed E-state index contributed by atoms with van der Waals surface area (Å²) in [4.78, 5) is 34.7. The third-order valence-electron chi connectivity index (χ3n) is 2.61. The summed E-state index contributed by atoms with van der Waals surface area (Å²) in [6.07, 6.45) is -0.329. The highest BCUT2D eigenvalue weighted by Crippen LogP contribution is 2.19. The minimum absolute atomic E-state index is 0.157. The first-order chi connectivity index (χ1) is 9.48. The predicted molar refractivity (Wildman–Crippen MR) is 72.0 cm³/mol. The molecule has 3 N–H and O–H groups in total. The summed E-state index contributed by atoms with van der Waals surface area (Å²) in [5.41, 5.74) is 2.33. The molecule has 0 spiro atoms. The summed E-state index contributed by atoms with van der Waals surface area (Å²) in [6, 6.07) is -1.37. The second-order valence-electron chi connectivity index (χ2n) is 5.48. The van der Waals surface area contributed by atoms with E-state index >= 15 is 0 Å². The Morgan fingerprint density at radius 1 is 1.10 bits per heavy atom. The van der Waals surface area contributed by atoms with Crippen LogP contribution >= 0.6 is 0 Å². The zero-order chi connectivity index (χ0) is 16.8. The molecule has 0 rings (SSSR count). The van der Waals surface area contributed by atoms with Crippen LogP contribution in [0.5, 0.6) is 0 Å². The fourth-order valence-electron chi connectivity index (χ4n) is 1.57. The van der Waals surface area contributed by atoms with Crippen molar-refractivity contribution >= 4 is 17.9 Å². The lowest BCUT2D eigenvalue weighted by molar-refractivity contribution is -0.183. The van der Waals surface area contributed by atoms with Crippen molar-refractivity contribution in [3.8, 4) is 0 Å². The number of carbonyl (C=O) groups is 3. The molecule has 0 bridgehead atoms. The zero-order valence-electron chi connectivity index (χ0n) is 13.0. The molecule has 0 radical (unpaired) electrons. The monoisotopic (exact) mass is 305 g/mol. The molecule has 0 heterocycles. The lowest BCUT2D eigenvalue weighted by Gasteiger charge is -2.28. The van der Waals surface area contributed by atoms with Gasteiger partial charge in [0.2, 0.25) is 0 Å². The SMILES string of the molecule is COC(=O)C(O)(C(=O)OC)C(N)CCC(=O)OC(C)(C)C. The van der Waals surface area contributed by atoms with Gasteiger partial charge in [0, 0.05) is 6.42 Å². The molecule has 0 aliphatic carbocycles. The second-order valence-corrected chi connectivity index (χ2v) is 5.48. The molecule has 8 heteroatoms. The van der Waals surface area contributed by atoms with Crippen molar-refractivity contribution in [1.82, 2.24) is 0 Å². The van der Waals surface area contributed by atoms with Crippen LogP contribution in [0.4, 0.5) is 0 Å². The van der Waals surface area contributed by atoms with Gasteiger partial charge in [-0.1, -0.05) is 0 Å². The van der Waals surface area contributed by atoms with Crippen molar-refractivity contribution in [3.63, 3.8) is 0 Å². The lowest BCUT2D eigenvalue weighted by atomic mass is 9.91. The molecule has 0 amide bonds. The van der Waals surface area contributed by atoms with Crippen LogP contribution in [0, 0.1) is 0 Å². The minimum Gasteiger partial charge on any atom is -0.466 e. The molecule has 21 heavy (non-hydrogen) atoms. The van der Waals surface area contributed by atoms with Crippen LogP contribution in [0.15, 0.2) is 0 Å². The molecule has 0 aromatic carbocycles. The molecule has 0 aromatic heterocycles. The summed E-state index contributed by atoms with van der Waals surface area (Å²) in [5.74, 6) is -3.05. The van der Waals surface area contributed by atoms with E-state index in [0.717, 1.165) is 14.2 Å². The average molecular weight is 305 g/mol. The number of methoxy groups -OCH3 is 2. The Morgan fingerprint density at radius 3 is 1.86 bits per heavy atom. The standard InChI is InChI=1S/C13H23NO7/c1-12(2,3)21-9(15)7-6-8(14)13(18,10(16)19-4)11(17)20-5/h8,18H,6-7,14H2,1-5H3. The summed E-state index contributed by atoms with van der Waals surface area (Å²) in [7, 11) is 1.99. The Labute approximate surface area is 123 Å². The number of nitrogens with two attached hydrogens (primary N) is 1. The summed E-state index contributed by atoms with van der Waals surface area (Å²) < 4.78 is 13.8. The predicted octanol–water partition coefficient (Wildman–Crippen LogP) is -0.487. The molecule has 8 nitrogen and oxygen atoms in total. The van der Waals surface area contributed by atoms with Crippen LogP contribution in [-0.2, 0) is 28.6 Å². The van der Waals surface area contributed by atoms with Crippen LogP contribution in [0.25, 0.3) is 0 Å². The highest BCUT2D eigenvalue weighted by atomic mass is 16.6. The first-order valence-electron chi connectivity index (χ1n) is 6.35. The first kappa shape index (κ1) is 19.3. The van der Waals surface area contributed by atoms with Crippen LogP contribution in [0.3, 0.4) is 0 Å². The Morgan fingerprint density at radius 2 is 1.52 bits per heavy atom. The maximum absolute atomic E-state index is 11.6. The quantitative estimate of drug-likeness (QED) is 0.382. The van der Waals surface area contributed by atoms with E-state index in [9.17, 15) is 19.5 Å². The summed E-state index contributed by atoms with van der Waals surface area (Å²) in [6.45, 7) is 5.10. The van der Waals surface area contributed by atoms with Gasteiger partial charge in [0.25, 0.3) is 5.60 Å². The number of esters is 3. The largest absolute Gasteiger partial charge is 0.466 e.